The van der Waals surface area contributed by atoms with Crippen LogP contribution in [0.15, 0.2) is 48.5 Å². The van der Waals surface area contributed by atoms with E-state index < -0.39 is 0 Å². The number of hydrogen-bond donors (Lipinski definition) is 1. The van der Waals surface area contributed by atoms with Crippen molar-refractivity contribution in [3.05, 3.63) is 59.7 Å². The second-order valence-corrected chi connectivity index (χ2v) is 6.83. The summed E-state index contributed by atoms with van der Waals surface area (Å²) in [6, 6.07) is 17.0. The highest BCUT2D eigenvalue weighted by Crippen LogP contribution is 2.27. The largest absolute Gasteiger partial charge is 0.497 e. The quantitative estimate of drug-likeness (QED) is 0.699. The number of nitrogens with one attached hydrogen (secondary N) is 1. The van der Waals surface area contributed by atoms with E-state index in [1.165, 1.54) is 17.5 Å². The number of rotatable bonds is 4. The molecule has 134 valence electrons. The van der Waals surface area contributed by atoms with Crippen LogP contribution in [0.2, 0.25) is 0 Å². The molecule has 0 bridgehead atoms. The lowest BCUT2D eigenvalue weighted by atomic mass is 10.0. The zero-order valence-electron chi connectivity index (χ0n) is 15.3. The summed E-state index contributed by atoms with van der Waals surface area (Å²) >= 11 is 0. The molecule has 0 fully saturated rings. The molecule has 2 aromatic carbocycles. The Balaban J connectivity index is 1.57. The van der Waals surface area contributed by atoms with Gasteiger partial charge in [0.25, 0.3) is 0 Å². The monoisotopic (exact) mass is 348 g/mol. The number of aromatic nitrogens is 1. The number of ether oxygens (including phenoxy) is 2. The highest BCUT2D eigenvalue weighted by molar-refractivity contribution is 5.81. The molecule has 3 aromatic rings. The number of anilines is 1. The third-order valence-electron chi connectivity index (χ3n) is 5.13. The van der Waals surface area contributed by atoms with Gasteiger partial charge in [-0.2, -0.15) is 0 Å². The molecule has 1 heterocycles. The molecule has 26 heavy (non-hydrogen) atoms. The van der Waals surface area contributed by atoms with Gasteiger partial charge in [-0.15, -0.1) is 0 Å². The standard InChI is InChI=1S/C22H24N2O2/c1-25-19-9-6-15-4-3-5-18(12-17(15)13-19)23-22-11-8-16-7-10-20(26-2)14-21(16)24-22/h6-11,13-14,18H,3-5,12H2,1-2H3,(H,23,24). The van der Waals surface area contributed by atoms with Crippen molar-refractivity contribution in [1.82, 2.24) is 4.98 Å². The molecule has 0 saturated carbocycles. The second-order valence-electron chi connectivity index (χ2n) is 6.83. The first-order chi connectivity index (χ1) is 12.7. The second kappa shape index (κ2) is 7.24. The van der Waals surface area contributed by atoms with Crippen LogP contribution in [0.4, 0.5) is 5.82 Å². The number of hydrogen-bond acceptors (Lipinski definition) is 4. The first kappa shape index (κ1) is 16.7. The summed E-state index contributed by atoms with van der Waals surface area (Å²) < 4.78 is 10.7. The average Bonchev–Trinajstić information content (AvgIpc) is 2.88. The van der Waals surface area contributed by atoms with Crippen LogP contribution in [-0.2, 0) is 12.8 Å². The fourth-order valence-electron chi connectivity index (χ4n) is 3.71. The molecule has 1 N–H and O–H groups in total. The summed E-state index contributed by atoms with van der Waals surface area (Å²) in [6.07, 6.45) is 4.43. The van der Waals surface area contributed by atoms with Crippen LogP contribution >= 0.6 is 0 Å². The summed E-state index contributed by atoms with van der Waals surface area (Å²) in [5, 5.41) is 4.75. The van der Waals surface area contributed by atoms with Crippen molar-refractivity contribution in [3.63, 3.8) is 0 Å². The fourth-order valence-corrected chi connectivity index (χ4v) is 3.71. The van der Waals surface area contributed by atoms with Gasteiger partial charge < -0.3 is 14.8 Å². The van der Waals surface area contributed by atoms with Crippen molar-refractivity contribution in [2.45, 2.75) is 31.7 Å². The first-order valence-electron chi connectivity index (χ1n) is 9.12. The Labute approximate surface area is 154 Å². The van der Waals surface area contributed by atoms with Crippen LogP contribution in [0.3, 0.4) is 0 Å². The van der Waals surface area contributed by atoms with Gasteiger partial charge in [0.15, 0.2) is 0 Å². The normalized spacial score (nSPS) is 16.6. The van der Waals surface area contributed by atoms with E-state index in [9.17, 15) is 0 Å². The number of methoxy groups -OCH3 is 2. The minimum Gasteiger partial charge on any atom is -0.497 e. The third-order valence-corrected chi connectivity index (χ3v) is 5.13. The number of fused-ring (bicyclic) bond motifs is 2. The van der Waals surface area contributed by atoms with E-state index in [1.54, 1.807) is 14.2 Å². The van der Waals surface area contributed by atoms with E-state index in [2.05, 4.69) is 35.6 Å². The van der Waals surface area contributed by atoms with Crippen LogP contribution in [0.1, 0.15) is 24.0 Å². The predicted octanol–water partition coefficient (Wildman–Crippen LogP) is 4.61. The lowest BCUT2D eigenvalue weighted by molar-refractivity contribution is 0.414. The van der Waals surface area contributed by atoms with E-state index in [-0.39, 0.29) is 0 Å². The zero-order chi connectivity index (χ0) is 17.9. The highest BCUT2D eigenvalue weighted by atomic mass is 16.5. The van der Waals surface area contributed by atoms with Gasteiger partial charge in [-0.3, -0.25) is 0 Å². The summed E-state index contributed by atoms with van der Waals surface area (Å²) in [5.74, 6) is 2.68. The minimum atomic E-state index is 0.374. The van der Waals surface area contributed by atoms with Crippen LogP contribution in [0.25, 0.3) is 10.9 Å². The third kappa shape index (κ3) is 3.45. The van der Waals surface area contributed by atoms with Crippen molar-refractivity contribution in [2.75, 3.05) is 19.5 Å². The Kier molecular flexibility index (Phi) is 4.65. The van der Waals surface area contributed by atoms with Crippen LogP contribution in [0.5, 0.6) is 11.5 Å². The van der Waals surface area contributed by atoms with Gasteiger partial charge >= 0.3 is 0 Å². The Morgan fingerprint density at radius 3 is 2.54 bits per heavy atom. The SMILES string of the molecule is COc1ccc2c(c1)CC(Nc1ccc3ccc(OC)cc3n1)CCC2. The van der Waals surface area contributed by atoms with E-state index in [0.717, 1.165) is 47.5 Å². The van der Waals surface area contributed by atoms with Crippen molar-refractivity contribution >= 4 is 16.7 Å². The molecule has 4 nitrogen and oxygen atoms in total. The van der Waals surface area contributed by atoms with Gasteiger partial charge in [-0.25, -0.2) is 4.98 Å². The number of aryl methyl sites for hydroxylation is 1. The molecule has 4 rings (SSSR count). The van der Waals surface area contributed by atoms with Crippen molar-refractivity contribution in [1.29, 1.82) is 0 Å². The van der Waals surface area contributed by atoms with Crippen LogP contribution < -0.4 is 14.8 Å². The number of pyridine rings is 1. The van der Waals surface area contributed by atoms with Gasteiger partial charge in [-0.1, -0.05) is 6.07 Å². The van der Waals surface area contributed by atoms with Crippen LogP contribution in [0, 0.1) is 0 Å². The molecule has 1 atom stereocenters. The average molecular weight is 348 g/mol. The summed E-state index contributed by atoms with van der Waals surface area (Å²) in [5.41, 5.74) is 3.76. The molecule has 0 aliphatic heterocycles. The molecular formula is C22H24N2O2. The number of nitrogens with zero attached hydrogens (tertiary/aromatic N) is 1. The Morgan fingerprint density at radius 2 is 1.69 bits per heavy atom. The van der Waals surface area contributed by atoms with Crippen LogP contribution in [-0.4, -0.2) is 25.2 Å². The molecule has 0 spiro atoms. The Hall–Kier alpha value is -2.75. The maximum Gasteiger partial charge on any atom is 0.126 e. The Bertz CT molecular complexity index is 923. The van der Waals surface area contributed by atoms with Crippen molar-refractivity contribution < 1.29 is 9.47 Å². The van der Waals surface area contributed by atoms with Crippen molar-refractivity contribution in [2.24, 2.45) is 0 Å². The minimum absolute atomic E-state index is 0.374. The number of benzene rings is 2. The Morgan fingerprint density at radius 1 is 0.923 bits per heavy atom. The maximum absolute atomic E-state index is 5.40. The molecule has 4 heteroatoms. The zero-order valence-corrected chi connectivity index (χ0v) is 15.3. The molecule has 0 amide bonds. The fraction of sp³-hybridized carbons (Fsp3) is 0.318. The summed E-state index contributed by atoms with van der Waals surface area (Å²) in [6.45, 7) is 0. The lowest BCUT2D eigenvalue weighted by Crippen LogP contribution is -2.22. The summed E-state index contributed by atoms with van der Waals surface area (Å²) in [4.78, 5) is 4.78. The van der Waals surface area contributed by atoms with Gasteiger partial charge in [0, 0.05) is 17.5 Å². The molecule has 1 unspecified atom stereocenters. The summed E-state index contributed by atoms with van der Waals surface area (Å²) in [7, 11) is 3.40. The van der Waals surface area contributed by atoms with E-state index >= 15 is 0 Å². The molecule has 1 aliphatic rings. The lowest BCUT2D eigenvalue weighted by Gasteiger charge is -2.18. The van der Waals surface area contributed by atoms with E-state index in [0.29, 0.717) is 6.04 Å². The molecule has 0 radical (unpaired) electrons. The molecule has 0 saturated heterocycles. The van der Waals surface area contributed by atoms with Gasteiger partial charge in [-0.05, 0) is 73.2 Å². The molecule has 1 aromatic heterocycles. The first-order valence-corrected chi connectivity index (χ1v) is 9.12. The molecular weight excluding hydrogens is 324 g/mol. The highest BCUT2D eigenvalue weighted by Gasteiger charge is 2.18. The maximum atomic E-state index is 5.40. The van der Waals surface area contributed by atoms with Gasteiger partial charge in [0.1, 0.15) is 17.3 Å². The topological polar surface area (TPSA) is 43.4 Å². The predicted molar refractivity (Wildman–Crippen MR) is 105 cm³/mol. The van der Waals surface area contributed by atoms with Gasteiger partial charge in [0.2, 0.25) is 0 Å². The van der Waals surface area contributed by atoms with E-state index in [1.807, 2.05) is 18.2 Å². The smallest absolute Gasteiger partial charge is 0.126 e. The van der Waals surface area contributed by atoms with Gasteiger partial charge in [0.05, 0.1) is 19.7 Å². The van der Waals surface area contributed by atoms with Crippen molar-refractivity contribution in [3.8, 4) is 11.5 Å². The van der Waals surface area contributed by atoms with E-state index in [4.69, 9.17) is 14.5 Å². The molecule has 1 aliphatic carbocycles.